The molecular formula is C13H27N. The number of hydrogen-bond acceptors (Lipinski definition) is 1. The van der Waals surface area contributed by atoms with Crippen LogP contribution in [0.1, 0.15) is 58.8 Å². The molecule has 84 valence electrons. The minimum Gasteiger partial charge on any atom is -0.316 e. The van der Waals surface area contributed by atoms with E-state index in [1.807, 2.05) is 0 Å². The Bertz CT molecular complexity index is 134. The Morgan fingerprint density at radius 2 is 1.43 bits per heavy atom. The van der Waals surface area contributed by atoms with Gasteiger partial charge in [-0.2, -0.15) is 0 Å². The summed E-state index contributed by atoms with van der Waals surface area (Å²) in [6.07, 6.45) is 10.2. The molecule has 1 rings (SSSR count). The molecule has 1 N–H and O–H groups in total. The van der Waals surface area contributed by atoms with E-state index in [4.69, 9.17) is 0 Å². The SMILES string of the molecule is CNC(C(C)C)C1CCCCCCC1. The van der Waals surface area contributed by atoms with Gasteiger partial charge in [-0.15, -0.1) is 0 Å². The fraction of sp³-hybridized carbons (Fsp3) is 1.00. The molecule has 0 heterocycles. The van der Waals surface area contributed by atoms with E-state index in [9.17, 15) is 0 Å². The van der Waals surface area contributed by atoms with Gasteiger partial charge >= 0.3 is 0 Å². The van der Waals surface area contributed by atoms with Crippen LogP contribution in [0, 0.1) is 11.8 Å². The number of rotatable bonds is 3. The second-order valence-corrected chi connectivity index (χ2v) is 5.16. The number of nitrogens with one attached hydrogen (secondary N) is 1. The van der Waals surface area contributed by atoms with E-state index in [-0.39, 0.29) is 0 Å². The van der Waals surface area contributed by atoms with Gasteiger partial charge in [0, 0.05) is 6.04 Å². The molecule has 0 saturated heterocycles. The van der Waals surface area contributed by atoms with Crippen molar-refractivity contribution in [1.29, 1.82) is 0 Å². The van der Waals surface area contributed by atoms with Gasteiger partial charge < -0.3 is 5.32 Å². The van der Waals surface area contributed by atoms with Gasteiger partial charge in [-0.3, -0.25) is 0 Å². The molecule has 14 heavy (non-hydrogen) atoms. The maximum absolute atomic E-state index is 3.52. The van der Waals surface area contributed by atoms with Crippen LogP contribution in [0.25, 0.3) is 0 Å². The zero-order valence-electron chi connectivity index (χ0n) is 10.2. The molecule has 1 heteroatoms. The summed E-state index contributed by atoms with van der Waals surface area (Å²) in [4.78, 5) is 0. The Morgan fingerprint density at radius 1 is 0.929 bits per heavy atom. The van der Waals surface area contributed by atoms with Crippen molar-refractivity contribution in [2.75, 3.05) is 7.05 Å². The third-order valence-electron chi connectivity index (χ3n) is 3.71. The maximum Gasteiger partial charge on any atom is 0.0115 e. The van der Waals surface area contributed by atoms with Crippen LogP contribution in [-0.2, 0) is 0 Å². The molecule has 0 aromatic heterocycles. The fourth-order valence-electron chi connectivity index (χ4n) is 2.96. The van der Waals surface area contributed by atoms with E-state index in [0.29, 0.717) is 0 Å². The summed E-state index contributed by atoms with van der Waals surface area (Å²) in [6, 6.07) is 0.744. The van der Waals surface area contributed by atoms with Crippen molar-refractivity contribution in [2.24, 2.45) is 11.8 Å². The zero-order valence-corrected chi connectivity index (χ0v) is 10.2. The first-order valence-electron chi connectivity index (χ1n) is 6.43. The summed E-state index contributed by atoms with van der Waals surface area (Å²) in [6.45, 7) is 4.69. The number of hydrogen-bond donors (Lipinski definition) is 1. The van der Waals surface area contributed by atoms with E-state index in [2.05, 4.69) is 26.2 Å². The van der Waals surface area contributed by atoms with Crippen LogP contribution in [0.3, 0.4) is 0 Å². The molecule has 1 aliphatic carbocycles. The minimum absolute atomic E-state index is 0.744. The highest BCUT2D eigenvalue weighted by Gasteiger charge is 2.22. The highest BCUT2D eigenvalue weighted by molar-refractivity contribution is 4.79. The molecule has 1 unspecified atom stereocenters. The summed E-state index contributed by atoms with van der Waals surface area (Å²) in [5.74, 6) is 1.71. The summed E-state index contributed by atoms with van der Waals surface area (Å²) in [5, 5.41) is 3.52. The van der Waals surface area contributed by atoms with Crippen LogP contribution in [-0.4, -0.2) is 13.1 Å². The average molecular weight is 197 g/mol. The molecule has 0 amide bonds. The van der Waals surface area contributed by atoms with Crippen LogP contribution in [0.15, 0.2) is 0 Å². The first-order chi connectivity index (χ1) is 6.75. The van der Waals surface area contributed by atoms with Crippen LogP contribution in [0.5, 0.6) is 0 Å². The molecule has 0 aliphatic heterocycles. The lowest BCUT2D eigenvalue weighted by Gasteiger charge is -2.31. The topological polar surface area (TPSA) is 12.0 Å². The second kappa shape index (κ2) is 6.44. The third-order valence-corrected chi connectivity index (χ3v) is 3.71. The largest absolute Gasteiger partial charge is 0.316 e. The van der Waals surface area contributed by atoms with E-state index >= 15 is 0 Å². The van der Waals surface area contributed by atoms with Crippen molar-refractivity contribution >= 4 is 0 Å². The predicted molar refractivity (Wildman–Crippen MR) is 63.5 cm³/mol. The van der Waals surface area contributed by atoms with Crippen LogP contribution in [0.2, 0.25) is 0 Å². The lowest BCUT2D eigenvalue weighted by molar-refractivity contribution is 0.247. The smallest absolute Gasteiger partial charge is 0.0115 e. The van der Waals surface area contributed by atoms with Crippen molar-refractivity contribution in [3.63, 3.8) is 0 Å². The molecule has 0 radical (unpaired) electrons. The van der Waals surface area contributed by atoms with Crippen LogP contribution >= 0.6 is 0 Å². The van der Waals surface area contributed by atoms with Crippen molar-refractivity contribution in [2.45, 2.75) is 64.8 Å². The summed E-state index contributed by atoms with van der Waals surface area (Å²) in [7, 11) is 2.13. The first-order valence-corrected chi connectivity index (χ1v) is 6.43. The van der Waals surface area contributed by atoms with Crippen LogP contribution in [0.4, 0.5) is 0 Å². The Labute approximate surface area is 89.7 Å². The molecule has 1 saturated carbocycles. The van der Waals surface area contributed by atoms with Gasteiger partial charge in [0.1, 0.15) is 0 Å². The minimum atomic E-state index is 0.744. The lowest BCUT2D eigenvalue weighted by atomic mass is 9.81. The molecular weight excluding hydrogens is 170 g/mol. The highest BCUT2D eigenvalue weighted by Crippen LogP contribution is 2.27. The quantitative estimate of drug-likeness (QED) is 0.729. The zero-order chi connectivity index (χ0) is 10.4. The Kier molecular flexibility index (Phi) is 5.54. The van der Waals surface area contributed by atoms with Gasteiger partial charge in [0.25, 0.3) is 0 Å². The summed E-state index contributed by atoms with van der Waals surface area (Å²) < 4.78 is 0. The average Bonchev–Trinajstić information content (AvgIpc) is 2.08. The molecule has 1 nitrogen and oxygen atoms in total. The Balaban J connectivity index is 2.44. The Morgan fingerprint density at radius 3 is 1.86 bits per heavy atom. The fourth-order valence-corrected chi connectivity index (χ4v) is 2.96. The second-order valence-electron chi connectivity index (χ2n) is 5.16. The van der Waals surface area contributed by atoms with Crippen LogP contribution < -0.4 is 5.32 Å². The van der Waals surface area contributed by atoms with E-state index in [0.717, 1.165) is 17.9 Å². The monoisotopic (exact) mass is 197 g/mol. The van der Waals surface area contributed by atoms with E-state index in [1.165, 1.54) is 44.9 Å². The van der Waals surface area contributed by atoms with Gasteiger partial charge in [0.2, 0.25) is 0 Å². The van der Waals surface area contributed by atoms with Crippen molar-refractivity contribution < 1.29 is 0 Å². The molecule has 1 atom stereocenters. The van der Waals surface area contributed by atoms with Crippen molar-refractivity contribution in [3.8, 4) is 0 Å². The molecule has 1 aliphatic rings. The standard InChI is InChI=1S/C13H27N/c1-11(2)13(14-3)12-9-7-5-4-6-8-10-12/h11-14H,4-10H2,1-3H3. The Hall–Kier alpha value is -0.0400. The van der Waals surface area contributed by atoms with Gasteiger partial charge in [-0.25, -0.2) is 0 Å². The predicted octanol–water partition coefficient (Wildman–Crippen LogP) is 3.59. The van der Waals surface area contributed by atoms with Gasteiger partial charge in [0.05, 0.1) is 0 Å². The summed E-state index contributed by atoms with van der Waals surface area (Å²) in [5.41, 5.74) is 0. The van der Waals surface area contributed by atoms with Gasteiger partial charge in [-0.05, 0) is 31.7 Å². The van der Waals surface area contributed by atoms with E-state index < -0.39 is 0 Å². The molecule has 0 bridgehead atoms. The normalized spacial score (nSPS) is 23.1. The van der Waals surface area contributed by atoms with Crippen molar-refractivity contribution in [3.05, 3.63) is 0 Å². The highest BCUT2D eigenvalue weighted by atomic mass is 14.9. The third kappa shape index (κ3) is 3.61. The first kappa shape index (κ1) is 12.0. The molecule has 0 spiro atoms. The summed E-state index contributed by atoms with van der Waals surface area (Å²) >= 11 is 0. The van der Waals surface area contributed by atoms with Gasteiger partial charge in [0.15, 0.2) is 0 Å². The molecule has 1 fully saturated rings. The molecule has 0 aromatic carbocycles. The van der Waals surface area contributed by atoms with E-state index in [1.54, 1.807) is 0 Å². The lowest BCUT2D eigenvalue weighted by Crippen LogP contribution is -2.38. The van der Waals surface area contributed by atoms with Gasteiger partial charge in [-0.1, -0.05) is 46.0 Å². The molecule has 0 aromatic rings. The maximum atomic E-state index is 3.52. The van der Waals surface area contributed by atoms with Crippen molar-refractivity contribution in [1.82, 2.24) is 5.32 Å².